The van der Waals surface area contributed by atoms with Crippen molar-refractivity contribution in [1.82, 2.24) is 15.1 Å². The van der Waals surface area contributed by atoms with Crippen LogP contribution in [0.15, 0.2) is 18.2 Å². The molecule has 2 unspecified atom stereocenters. The maximum absolute atomic E-state index is 12.6. The average molecular weight is 418 g/mol. The summed E-state index contributed by atoms with van der Waals surface area (Å²) in [7, 11) is 0. The smallest absolute Gasteiger partial charge is 0.234 e. The number of benzene rings is 1. The summed E-state index contributed by atoms with van der Waals surface area (Å²) in [5, 5.41) is 3.10. The predicted molar refractivity (Wildman–Crippen MR) is 115 cm³/mol. The molecule has 7 heteroatoms. The molecule has 2 saturated heterocycles. The Balaban J connectivity index is 1.27. The Hall–Kier alpha value is -1.83. The zero-order valence-electron chi connectivity index (χ0n) is 18.3. The highest BCUT2D eigenvalue weighted by Crippen LogP contribution is 2.37. The van der Waals surface area contributed by atoms with E-state index < -0.39 is 0 Å². The summed E-state index contributed by atoms with van der Waals surface area (Å²) in [6, 6.07) is 6.42. The van der Waals surface area contributed by atoms with Crippen molar-refractivity contribution in [1.29, 1.82) is 0 Å². The van der Waals surface area contributed by atoms with Crippen LogP contribution in [0, 0.1) is 5.92 Å². The summed E-state index contributed by atoms with van der Waals surface area (Å²) in [4.78, 5) is 17.3. The Kier molecular flexibility index (Phi) is 7.12. The molecule has 0 radical (unpaired) electrons. The van der Waals surface area contributed by atoms with E-state index in [0.29, 0.717) is 32.2 Å². The molecule has 1 aromatic rings. The van der Waals surface area contributed by atoms with E-state index in [0.717, 1.165) is 57.1 Å². The predicted octanol–water partition coefficient (Wildman–Crippen LogP) is 2.07. The number of likely N-dealkylation sites (tertiary alicyclic amines) is 1. The van der Waals surface area contributed by atoms with Gasteiger partial charge in [-0.1, -0.05) is 19.9 Å². The molecule has 0 spiro atoms. The summed E-state index contributed by atoms with van der Waals surface area (Å²) in [6.07, 6.45) is 2.24. The van der Waals surface area contributed by atoms with E-state index in [1.807, 2.05) is 6.07 Å². The number of hydrogen-bond acceptors (Lipinski definition) is 6. The standard InChI is InChI=1S/C23H35N3O4/c1-17(2)14-25-8-9-28-19(15-25)13-24-23(27)16-26-7-3-4-20(26)18-5-6-21-22(12-18)30-11-10-29-21/h5-6,12,17,19-20H,3-4,7-11,13-16H2,1-2H3,(H,24,27). The molecule has 30 heavy (non-hydrogen) atoms. The number of hydrogen-bond donors (Lipinski definition) is 1. The van der Waals surface area contributed by atoms with Gasteiger partial charge in [0.2, 0.25) is 5.91 Å². The zero-order valence-corrected chi connectivity index (χ0v) is 18.3. The Morgan fingerprint density at radius 3 is 2.83 bits per heavy atom. The van der Waals surface area contributed by atoms with Gasteiger partial charge in [-0.3, -0.25) is 14.6 Å². The van der Waals surface area contributed by atoms with Crippen LogP contribution in [-0.2, 0) is 9.53 Å². The first-order chi connectivity index (χ1) is 14.6. The Bertz CT molecular complexity index is 726. The van der Waals surface area contributed by atoms with Gasteiger partial charge < -0.3 is 19.5 Å². The number of carbonyl (C=O) groups excluding carboxylic acids is 1. The van der Waals surface area contributed by atoms with Crippen molar-refractivity contribution in [3.05, 3.63) is 23.8 Å². The molecule has 2 atom stereocenters. The molecule has 0 bridgehead atoms. The second-order valence-corrected chi connectivity index (χ2v) is 8.98. The molecular formula is C23H35N3O4. The van der Waals surface area contributed by atoms with Crippen molar-refractivity contribution < 1.29 is 19.0 Å². The maximum atomic E-state index is 12.6. The van der Waals surface area contributed by atoms with Gasteiger partial charge in [0.05, 0.1) is 19.3 Å². The third-order valence-corrected chi connectivity index (χ3v) is 6.03. The molecule has 0 aromatic heterocycles. The Morgan fingerprint density at radius 2 is 2.00 bits per heavy atom. The molecule has 3 heterocycles. The van der Waals surface area contributed by atoms with Gasteiger partial charge >= 0.3 is 0 Å². The van der Waals surface area contributed by atoms with Crippen molar-refractivity contribution >= 4 is 5.91 Å². The van der Waals surface area contributed by atoms with E-state index in [4.69, 9.17) is 14.2 Å². The fourth-order valence-electron chi connectivity index (χ4n) is 4.71. The lowest BCUT2D eigenvalue weighted by Crippen LogP contribution is -2.49. The van der Waals surface area contributed by atoms with Crippen LogP contribution in [0.25, 0.3) is 0 Å². The van der Waals surface area contributed by atoms with Crippen molar-refractivity contribution in [2.45, 2.75) is 38.8 Å². The number of nitrogens with zero attached hydrogens (tertiary/aromatic N) is 2. The lowest BCUT2D eigenvalue weighted by molar-refractivity contribution is -0.123. The first kappa shape index (κ1) is 21.4. The summed E-state index contributed by atoms with van der Waals surface area (Å²) in [5.74, 6) is 2.34. The fraction of sp³-hybridized carbons (Fsp3) is 0.696. The molecule has 4 rings (SSSR count). The SMILES string of the molecule is CC(C)CN1CCOC(CNC(=O)CN2CCCC2c2ccc3c(c2)OCCO3)C1. The quantitative estimate of drug-likeness (QED) is 0.733. The van der Waals surface area contributed by atoms with E-state index in [2.05, 4.69) is 41.1 Å². The van der Waals surface area contributed by atoms with Gasteiger partial charge in [0, 0.05) is 32.2 Å². The van der Waals surface area contributed by atoms with Crippen LogP contribution in [0.1, 0.15) is 38.3 Å². The number of rotatable bonds is 7. The van der Waals surface area contributed by atoms with Crippen LogP contribution in [0.4, 0.5) is 0 Å². The molecule has 1 aromatic carbocycles. The van der Waals surface area contributed by atoms with Crippen LogP contribution in [0.5, 0.6) is 11.5 Å². The van der Waals surface area contributed by atoms with Crippen molar-refractivity contribution in [2.75, 3.05) is 59.1 Å². The highest BCUT2D eigenvalue weighted by Gasteiger charge is 2.29. The molecule has 7 nitrogen and oxygen atoms in total. The molecule has 2 fully saturated rings. The average Bonchev–Trinajstić information content (AvgIpc) is 3.20. The lowest BCUT2D eigenvalue weighted by Gasteiger charge is -2.34. The summed E-state index contributed by atoms with van der Waals surface area (Å²) in [6.45, 7) is 11.3. The van der Waals surface area contributed by atoms with Gasteiger partial charge in [0.15, 0.2) is 11.5 Å². The zero-order chi connectivity index (χ0) is 20.9. The minimum absolute atomic E-state index is 0.0732. The van der Waals surface area contributed by atoms with Gasteiger partial charge in [-0.25, -0.2) is 0 Å². The van der Waals surface area contributed by atoms with Crippen molar-refractivity contribution in [2.24, 2.45) is 5.92 Å². The summed E-state index contributed by atoms with van der Waals surface area (Å²) < 4.78 is 17.2. The number of morpholine rings is 1. The van der Waals surface area contributed by atoms with E-state index in [1.165, 1.54) is 5.56 Å². The summed E-state index contributed by atoms with van der Waals surface area (Å²) in [5.41, 5.74) is 1.20. The maximum Gasteiger partial charge on any atom is 0.234 e. The van der Waals surface area contributed by atoms with E-state index in [9.17, 15) is 4.79 Å². The third-order valence-electron chi connectivity index (χ3n) is 6.03. The molecule has 0 aliphatic carbocycles. The molecule has 1 amide bonds. The molecular weight excluding hydrogens is 382 g/mol. The van der Waals surface area contributed by atoms with Gasteiger partial charge in [0.25, 0.3) is 0 Å². The summed E-state index contributed by atoms with van der Waals surface area (Å²) >= 11 is 0. The second kappa shape index (κ2) is 9.98. The van der Waals surface area contributed by atoms with Crippen molar-refractivity contribution in [3.63, 3.8) is 0 Å². The van der Waals surface area contributed by atoms with Gasteiger partial charge in [0.1, 0.15) is 13.2 Å². The number of ether oxygens (including phenoxy) is 3. The minimum Gasteiger partial charge on any atom is -0.486 e. The lowest BCUT2D eigenvalue weighted by atomic mass is 10.0. The minimum atomic E-state index is 0.0732. The Labute approximate surface area is 179 Å². The van der Waals surface area contributed by atoms with Crippen LogP contribution >= 0.6 is 0 Å². The van der Waals surface area contributed by atoms with Crippen molar-refractivity contribution in [3.8, 4) is 11.5 Å². The number of nitrogens with one attached hydrogen (secondary N) is 1. The molecule has 166 valence electrons. The van der Waals surface area contributed by atoms with Crippen LogP contribution in [0.2, 0.25) is 0 Å². The monoisotopic (exact) mass is 417 g/mol. The first-order valence-electron chi connectivity index (χ1n) is 11.3. The van der Waals surface area contributed by atoms with E-state index >= 15 is 0 Å². The first-order valence-corrected chi connectivity index (χ1v) is 11.3. The topological polar surface area (TPSA) is 63.3 Å². The van der Waals surface area contributed by atoms with E-state index in [-0.39, 0.29) is 18.1 Å². The normalized spacial score (nSPS) is 24.9. The van der Waals surface area contributed by atoms with Gasteiger partial charge in [-0.05, 0) is 43.0 Å². The van der Waals surface area contributed by atoms with Crippen LogP contribution < -0.4 is 14.8 Å². The van der Waals surface area contributed by atoms with E-state index in [1.54, 1.807) is 0 Å². The molecule has 1 N–H and O–H groups in total. The number of carbonyl (C=O) groups is 1. The number of fused-ring (bicyclic) bond motifs is 1. The molecule has 0 saturated carbocycles. The Morgan fingerprint density at radius 1 is 1.17 bits per heavy atom. The highest BCUT2D eigenvalue weighted by molar-refractivity contribution is 5.78. The highest BCUT2D eigenvalue weighted by atomic mass is 16.6. The van der Waals surface area contributed by atoms with Crippen LogP contribution in [0.3, 0.4) is 0 Å². The fourth-order valence-corrected chi connectivity index (χ4v) is 4.71. The molecule has 3 aliphatic heterocycles. The number of amides is 1. The third kappa shape index (κ3) is 5.45. The molecule has 3 aliphatic rings. The second-order valence-electron chi connectivity index (χ2n) is 8.98. The van der Waals surface area contributed by atoms with Crippen LogP contribution in [-0.4, -0.2) is 80.9 Å². The largest absolute Gasteiger partial charge is 0.486 e. The van der Waals surface area contributed by atoms with Gasteiger partial charge in [-0.2, -0.15) is 0 Å². The van der Waals surface area contributed by atoms with Gasteiger partial charge in [-0.15, -0.1) is 0 Å².